The zero-order chi connectivity index (χ0) is 17.6. The molecule has 2 aromatic rings. The van der Waals surface area contributed by atoms with Crippen LogP contribution in [0.2, 0.25) is 0 Å². The molecule has 2 N–H and O–H groups in total. The van der Waals surface area contributed by atoms with Gasteiger partial charge in [-0.05, 0) is 57.9 Å². The Labute approximate surface area is 150 Å². The summed E-state index contributed by atoms with van der Waals surface area (Å²) in [6, 6.07) is 10.4. The molecular weight excluding hydrogens is 312 g/mol. The molecule has 0 aliphatic heterocycles. The van der Waals surface area contributed by atoms with Gasteiger partial charge in [-0.3, -0.25) is 0 Å². The van der Waals surface area contributed by atoms with Crippen LogP contribution in [0.1, 0.15) is 51.6 Å². The standard InChI is InChI=1S/C20H28N4O/c1-14(2)25-18-11-9-17(10-12-18)22-19-13-15(3)21-20(24-19)23-16-7-5-4-6-8-16/h9-14,16H,4-8H2,1-3H3,(H2,21,22,23,24). The van der Waals surface area contributed by atoms with Crippen LogP contribution < -0.4 is 15.4 Å². The fraction of sp³-hybridized carbons (Fsp3) is 0.500. The minimum Gasteiger partial charge on any atom is -0.491 e. The lowest BCUT2D eigenvalue weighted by Gasteiger charge is -2.23. The third-order valence-corrected chi connectivity index (χ3v) is 4.29. The average molecular weight is 340 g/mol. The molecule has 1 fully saturated rings. The largest absolute Gasteiger partial charge is 0.491 e. The van der Waals surface area contributed by atoms with Crippen molar-refractivity contribution in [3.63, 3.8) is 0 Å². The molecule has 1 saturated carbocycles. The fourth-order valence-corrected chi connectivity index (χ4v) is 3.16. The Morgan fingerprint density at radius 2 is 1.76 bits per heavy atom. The normalized spacial score (nSPS) is 15.2. The van der Waals surface area contributed by atoms with Crippen LogP contribution in [0.25, 0.3) is 0 Å². The third kappa shape index (κ3) is 5.34. The molecule has 1 aliphatic carbocycles. The van der Waals surface area contributed by atoms with Gasteiger partial charge in [-0.1, -0.05) is 19.3 Å². The molecule has 1 aromatic heterocycles. The molecule has 0 bridgehead atoms. The minimum absolute atomic E-state index is 0.178. The van der Waals surface area contributed by atoms with Gasteiger partial charge in [0.1, 0.15) is 11.6 Å². The van der Waals surface area contributed by atoms with Gasteiger partial charge in [-0.25, -0.2) is 4.98 Å². The van der Waals surface area contributed by atoms with Crippen molar-refractivity contribution in [3.05, 3.63) is 36.0 Å². The first kappa shape index (κ1) is 17.5. The highest BCUT2D eigenvalue weighted by molar-refractivity contribution is 5.58. The second kappa shape index (κ2) is 8.19. The molecule has 3 rings (SSSR count). The van der Waals surface area contributed by atoms with E-state index >= 15 is 0 Å². The first-order valence-electron chi connectivity index (χ1n) is 9.24. The summed E-state index contributed by atoms with van der Waals surface area (Å²) in [6.45, 7) is 6.05. The van der Waals surface area contributed by atoms with E-state index in [-0.39, 0.29) is 6.10 Å². The van der Waals surface area contributed by atoms with Gasteiger partial charge < -0.3 is 15.4 Å². The molecule has 0 unspecified atom stereocenters. The molecular formula is C20H28N4O. The summed E-state index contributed by atoms with van der Waals surface area (Å²) in [4.78, 5) is 9.16. The van der Waals surface area contributed by atoms with Crippen LogP contribution >= 0.6 is 0 Å². The van der Waals surface area contributed by atoms with E-state index in [2.05, 4.69) is 20.6 Å². The van der Waals surface area contributed by atoms with Crippen molar-refractivity contribution >= 4 is 17.5 Å². The number of nitrogens with one attached hydrogen (secondary N) is 2. The number of anilines is 3. The van der Waals surface area contributed by atoms with Crippen molar-refractivity contribution < 1.29 is 4.74 Å². The second-order valence-electron chi connectivity index (χ2n) is 7.01. The summed E-state index contributed by atoms with van der Waals surface area (Å²) < 4.78 is 5.68. The van der Waals surface area contributed by atoms with Crippen molar-refractivity contribution in [2.24, 2.45) is 0 Å². The smallest absolute Gasteiger partial charge is 0.225 e. The third-order valence-electron chi connectivity index (χ3n) is 4.29. The summed E-state index contributed by atoms with van der Waals surface area (Å²) >= 11 is 0. The highest BCUT2D eigenvalue weighted by Gasteiger charge is 2.14. The number of hydrogen-bond donors (Lipinski definition) is 2. The summed E-state index contributed by atoms with van der Waals surface area (Å²) in [5.74, 6) is 2.40. The van der Waals surface area contributed by atoms with E-state index in [0.717, 1.165) is 22.9 Å². The predicted octanol–water partition coefficient (Wildman–Crippen LogP) is 5.06. The van der Waals surface area contributed by atoms with E-state index in [0.29, 0.717) is 12.0 Å². The Morgan fingerprint density at radius 3 is 2.44 bits per heavy atom. The van der Waals surface area contributed by atoms with Gasteiger partial charge in [0.25, 0.3) is 0 Å². The number of rotatable bonds is 6. The molecule has 1 heterocycles. The van der Waals surface area contributed by atoms with Gasteiger partial charge in [-0.2, -0.15) is 4.98 Å². The van der Waals surface area contributed by atoms with Crippen molar-refractivity contribution in [2.75, 3.05) is 10.6 Å². The number of ether oxygens (including phenoxy) is 1. The monoisotopic (exact) mass is 340 g/mol. The molecule has 5 heteroatoms. The SMILES string of the molecule is Cc1cc(Nc2ccc(OC(C)C)cc2)nc(NC2CCCCC2)n1. The average Bonchev–Trinajstić information content (AvgIpc) is 2.56. The maximum Gasteiger partial charge on any atom is 0.225 e. The number of benzene rings is 1. The number of aromatic nitrogens is 2. The zero-order valence-electron chi connectivity index (χ0n) is 15.4. The Balaban J connectivity index is 1.67. The van der Waals surface area contributed by atoms with Crippen molar-refractivity contribution in [1.29, 1.82) is 0 Å². The van der Waals surface area contributed by atoms with Crippen molar-refractivity contribution in [3.8, 4) is 5.75 Å². The van der Waals surface area contributed by atoms with Gasteiger partial charge in [0, 0.05) is 23.5 Å². The minimum atomic E-state index is 0.178. The van der Waals surface area contributed by atoms with Crippen LogP contribution in [0.5, 0.6) is 5.75 Å². The molecule has 0 amide bonds. The zero-order valence-corrected chi connectivity index (χ0v) is 15.4. The van der Waals surface area contributed by atoms with Crippen LogP contribution in [-0.2, 0) is 0 Å². The first-order valence-corrected chi connectivity index (χ1v) is 9.24. The van der Waals surface area contributed by atoms with Crippen LogP contribution in [0, 0.1) is 6.92 Å². The quantitative estimate of drug-likeness (QED) is 0.769. The Bertz CT molecular complexity index is 679. The number of nitrogens with zero attached hydrogens (tertiary/aromatic N) is 2. The number of hydrogen-bond acceptors (Lipinski definition) is 5. The van der Waals surface area contributed by atoms with Crippen molar-refractivity contribution in [2.45, 2.75) is 65.0 Å². The molecule has 1 aromatic carbocycles. The first-order chi connectivity index (χ1) is 12.1. The van der Waals surface area contributed by atoms with E-state index in [4.69, 9.17) is 4.74 Å². The predicted molar refractivity (Wildman–Crippen MR) is 103 cm³/mol. The maximum atomic E-state index is 5.68. The second-order valence-corrected chi connectivity index (χ2v) is 7.01. The molecule has 1 aliphatic rings. The molecule has 0 atom stereocenters. The lowest BCUT2D eigenvalue weighted by molar-refractivity contribution is 0.242. The fourth-order valence-electron chi connectivity index (χ4n) is 3.16. The highest BCUT2D eigenvalue weighted by Crippen LogP contribution is 2.23. The lowest BCUT2D eigenvalue weighted by Crippen LogP contribution is -2.23. The van der Waals surface area contributed by atoms with E-state index in [1.54, 1.807) is 0 Å². The molecule has 134 valence electrons. The van der Waals surface area contributed by atoms with E-state index in [9.17, 15) is 0 Å². The highest BCUT2D eigenvalue weighted by atomic mass is 16.5. The van der Waals surface area contributed by atoms with Crippen molar-refractivity contribution in [1.82, 2.24) is 9.97 Å². The molecule has 5 nitrogen and oxygen atoms in total. The number of aryl methyl sites for hydroxylation is 1. The molecule has 0 radical (unpaired) electrons. The van der Waals surface area contributed by atoms with Crippen LogP contribution in [0.15, 0.2) is 30.3 Å². The van der Waals surface area contributed by atoms with Gasteiger partial charge in [0.05, 0.1) is 6.10 Å². The summed E-state index contributed by atoms with van der Waals surface area (Å²) in [6.07, 6.45) is 6.51. The van der Waals surface area contributed by atoms with Crippen LogP contribution in [0.4, 0.5) is 17.5 Å². The summed E-state index contributed by atoms with van der Waals surface area (Å²) in [5, 5.41) is 6.85. The molecule has 25 heavy (non-hydrogen) atoms. The lowest BCUT2D eigenvalue weighted by atomic mass is 9.96. The topological polar surface area (TPSA) is 59.1 Å². The van der Waals surface area contributed by atoms with Crippen LogP contribution in [0.3, 0.4) is 0 Å². The van der Waals surface area contributed by atoms with Gasteiger partial charge >= 0.3 is 0 Å². The summed E-state index contributed by atoms with van der Waals surface area (Å²) in [5.41, 5.74) is 1.94. The van der Waals surface area contributed by atoms with Gasteiger partial charge in [0.2, 0.25) is 5.95 Å². The van der Waals surface area contributed by atoms with E-state index in [1.807, 2.05) is 51.1 Å². The molecule has 0 saturated heterocycles. The molecule has 0 spiro atoms. The summed E-state index contributed by atoms with van der Waals surface area (Å²) in [7, 11) is 0. The Morgan fingerprint density at radius 1 is 1.04 bits per heavy atom. The van der Waals surface area contributed by atoms with Gasteiger partial charge in [0.15, 0.2) is 0 Å². The van der Waals surface area contributed by atoms with E-state index in [1.165, 1.54) is 32.1 Å². The maximum absolute atomic E-state index is 5.68. The van der Waals surface area contributed by atoms with E-state index < -0.39 is 0 Å². The van der Waals surface area contributed by atoms with Gasteiger partial charge in [-0.15, -0.1) is 0 Å². The Kier molecular flexibility index (Phi) is 5.74. The Hall–Kier alpha value is -2.30. The van der Waals surface area contributed by atoms with Crippen LogP contribution in [-0.4, -0.2) is 22.1 Å².